The van der Waals surface area contributed by atoms with Crippen molar-refractivity contribution < 1.29 is 14.0 Å². The second-order valence-electron chi connectivity index (χ2n) is 7.19. The van der Waals surface area contributed by atoms with E-state index in [1.54, 1.807) is 34.2 Å². The predicted octanol–water partition coefficient (Wildman–Crippen LogP) is 2.63. The second-order valence-corrected chi connectivity index (χ2v) is 7.19. The summed E-state index contributed by atoms with van der Waals surface area (Å²) in [5, 5.41) is 0. The molecule has 4 rings (SSSR count). The molecule has 0 radical (unpaired) electrons. The summed E-state index contributed by atoms with van der Waals surface area (Å²) in [6.07, 6.45) is 3.89. The van der Waals surface area contributed by atoms with Gasteiger partial charge in [0.25, 0.3) is 5.91 Å². The second kappa shape index (κ2) is 7.47. The molecule has 2 heterocycles. The molecule has 0 spiro atoms. The lowest BCUT2D eigenvalue weighted by molar-refractivity contribution is -0.131. The first-order valence-corrected chi connectivity index (χ1v) is 9.38. The van der Waals surface area contributed by atoms with Gasteiger partial charge in [-0.3, -0.25) is 14.6 Å². The normalized spacial score (nSPS) is 17.1. The molecule has 5 nitrogen and oxygen atoms in total. The van der Waals surface area contributed by atoms with Gasteiger partial charge in [0.2, 0.25) is 5.91 Å². The molecule has 0 atom stereocenters. The van der Waals surface area contributed by atoms with Crippen molar-refractivity contribution in [3.8, 4) is 0 Å². The van der Waals surface area contributed by atoms with E-state index < -0.39 is 0 Å². The first kappa shape index (κ1) is 17.6. The van der Waals surface area contributed by atoms with Crippen molar-refractivity contribution in [3.63, 3.8) is 0 Å². The standard InChI is InChI=1S/C21H22FN3O2/c22-18-13-15(4-7-17(18)16-5-6-16)14-20(26)24-9-11-25(12-10-24)21(27)19-3-1-2-8-23-19/h1-4,7-8,13,16H,5-6,9-12,14H2. The van der Waals surface area contributed by atoms with Crippen LogP contribution in [0.2, 0.25) is 0 Å². The number of nitrogens with zero attached hydrogens (tertiary/aromatic N) is 3. The predicted molar refractivity (Wildman–Crippen MR) is 98.8 cm³/mol. The van der Waals surface area contributed by atoms with E-state index in [1.807, 2.05) is 12.1 Å². The number of carbonyl (C=O) groups excluding carboxylic acids is 2. The lowest BCUT2D eigenvalue weighted by Gasteiger charge is -2.34. The Labute approximate surface area is 157 Å². The monoisotopic (exact) mass is 367 g/mol. The van der Waals surface area contributed by atoms with E-state index in [0.717, 1.165) is 18.4 Å². The molecule has 0 N–H and O–H groups in total. The molecular weight excluding hydrogens is 345 g/mol. The van der Waals surface area contributed by atoms with Crippen molar-refractivity contribution in [2.45, 2.75) is 25.2 Å². The van der Waals surface area contributed by atoms with Gasteiger partial charge in [0.15, 0.2) is 0 Å². The van der Waals surface area contributed by atoms with Crippen LogP contribution in [-0.4, -0.2) is 52.8 Å². The molecular formula is C21H22FN3O2. The molecule has 1 saturated carbocycles. The molecule has 2 aromatic rings. The van der Waals surface area contributed by atoms with E-state index in [1.165, 1.54) is 6.07 Å². The number of carbonyl (C=O) groups is 2. The summed E-state index contributed by atoms with van der Waals surface area (Å²) in [5.74, 6) is 0.0204. The average Bonchev–Trinajstić information content (AvgIpc) is 3.53. The molecule has 140 valence electrons. The third kappa shape index (κ3) is 3.99. The summed E-state index contributed by atoms with van der Waals surface area (Å²) in [7, 11) is 0. The van der Waals surface area contributed by atoms with Crippen LogP contribution in [0.4, 0.5) is 4.39 Å². The molecule has 2 amide bonds. The molecule has 0 bridgehead atoms. The first-order chi connectivity index (χ1) is 13.1. The molecule has 27 heavy (non-hydrogen) atoms. The van der Waals surface area contributed by atoms with Gasteiger partial charge in [-0.05, 0) is 48.1 Å². The number of hydrogen-bond donors (Lipinski definition) is 0. The third-order valence-electron chi connectivity index (χ3n) is 5.24. The van der Waals surface area contributed by atoms with Crippen molar-refractivity contribution in [1.82, 2.24) is 14.8 Å². The van der Waals surface area contributed by atoms with Crippen LogP contribution in [0.25, 0.3) is 0 Å². The molecule has 1 aromatic carbocycles. The molecule has 1 saturated heterocycles. The number of halogens is 1. The van der Waals surface area contributed by atoms with Gasteiger partial charge in [0, 0.05) is 32.4 Å². The summed E-state index contributed by atoms with van der Waals surface area (Å²) in [6, 6.07) is 10.4. The maximum Gasteiger partial charge on any atom is 0.272 e. The van der Waals surface area contributed by atoms with Gasteiger partial charge in [-0.15, -0.1) is 0 Å². The Morgan fingerprint density at radius 3 is 2.41 bits per heavy atom. The van der Waals surface area contributed by atoms with E-state index in [-0.39, 0.29) is 24.1 Å². The number of amides is 2. The summed E-state index contributed by atoms with van der Waals surface area (Å²) in [6.45, 7) is 1.94. The molecule has 1 aromatic heterocycles. The number of aromatic nitrogens is 1. The number of pyridine rings is 1. The van der Waals surface area contributed by atoms with Crippen molar-refractivity contribution in [3.05, 3.63) is 65.2 Å². The topological polar surface area (TPSA) is 53.5 Å². The highest BCUT2D eigenvalue weighted by molar-refractivity contribution is 5.92. The number of rotatable bonds is 4. The molecule has 0 unspecified atom stereocenters. The number of benzene rings is 1. The van der Waals surface area contributed by atoms with Gasteiger partial charge < -0.3 is 9.80 Å². The highest BCUT2D eigenvalue weighted by atomic mass is 19.1. The third-order valence-corrected chi connectivity index (χ3v) is 5.24. The largest absolute Gasteiger partial charge is 0.339 e. The SMILES string of the molecule is O=C(Cc1ccc(C2CC2)c(F)c1)N1CCN(C(=O)c2ccccn2)CC1. The Morgan fingerprint density at radius 1 is 1.04 bits per heavy atom. The van der Waals surface area contributed by atoms with Crippen LogP contribution < -0.4 is 0 Å². The average molecular weight is 367 g/mol. The van der Waals surface area contributed by atoms with Gasteiger partial charge in [-0.1, -0.05) is 18.2 Å². The van der Waals surface area contributed by atoms with Crippen molar-refractivity contribution in [1.29, 1.82) is 0 Å². The van der Waals surface area contributed by atoms with Crippen LogP contribution in [0, 0.1) is 5.82 Å². The zero-order chi connectivity index (χ0) is 18.8. The van der Waals surface area contributed by atoms with Crippen molar-refractivity contribution in [2.24, 2.45) is 0 Å². The molecule has 2 aliphatic rings. The maximum absolute atomic E-state index is 14.2. The Balaban J connectivity index is 1.32. The zero-order valence-corrected chi connectivity index (χ0v) is 15.1. The van der Waals surface area contributed by atoms with E-state index in [9.17, 15) is 14.0 Å². The molecule has 1 aliphatic carbocycles. The Hall–Kier alpha value is -2.76. The van der Waals surface area contributed by atoms with Crippen molar-refractivity contribution >= 4 is 11.8 Å². The quantitative estimate of drug-likeness (QED) is 0.835. The first-order valence-electron chi connectivity index (χ1n) is 9.38. The summed E-state index contributed by atoms with van der Waals surface area (Å²) in [4.78, 5) is 32.5. The summed E-state index contributed by atoms with van der Waals surface area (Å²) < 4.78 is 14.2. The Morgan fingerprint density at radius 2 is 1.78 bits per heavy atom. The minimum Gasteiger partial charge on any atom is -0.339 e. The molecule has 6 heteroatoms. The minimum atomic E-state index is -0.200. The van der Waals surface area contributed by atoms with Gasteiger partial charge >= 0.3 is 0 Å². The van der Waals surface area contributed by atoms with Crippen LogP contribution in [0.3, 0.4) is 0 Å². The van der Waals surface area contributed by atoms with Crippen LogP contribution in [-0.2, 0) is 11.2 Å². The van der Waals surface area contributed by atoms with Crippen LogP contribution in [0.5, 0.6) is 0 Å². The lowest BCUT2D eigenvalue weighted by Crippen LogP contribution is -2.51. The van der Waals surface area contributed by atoms with E-state index in [0.29, 0.717) is 43.4 Å². The zero-order valence-electron chi connectivity index (χ0n) is 15.1. The van der Waals surface area contributed by atoms with Crippen LogP contribution in [0.15, 0.2) is 42.6 Å². The number of hydrogen-bond acceptors (Lipinski definition) is 3. The Kier molecular flexibility index (Phi) is 4.88. The minimum absolute atomic E-state index is 0.0292. The van der Waals surface area contributed by atoms with E-state index in [2.05, 4.69) is 4.98 Å². The van der Waals surface area contributed by atoms with Crippen LogP contribution >= 0.6 is 0 Å². The van der Waals surface area contributed by atoms with Gasteiger partial charge in [0.05, 0.1) is 6.42 Å². The Bertz CT molecular complexity index is 844. The van der Waals surface area contributed by atoms with Crippen LogP contribution in [0.1, 0.15) is 40.4 Å². The lowest BCUT2D eigenvalue weighted by atomic mass is 10.0. The smallest absolute Gasteiger partial charge is 0.272 e. The van der Waals surface area contributed by atoms with E-state index in [4.69, 9.17) is 0 Å². The fourth-order valence-electron chi connectivity index (χ4n) is 3.50. The summed E-state index contributed by atoms with van der Waals surface area (Å²) >= 11 is 0. The van der Waals surface area contributed by atoms with Gasteiger partial charge in [-0.2, -0.15) is 0 Å². The van der Waals surface area contributed by atoms with Crippen molar-refractivity contribution in [2.75, 3.05) is 26.2 Å². The number of piperazine rings is 1. The fourth-order valence-corrected chi connectivity index (χ4v) is 3.50. The molecule has 1 aliphatic heterocycles. The van der Waals surface area contributed by atoms with E-state index >= 15 is 0 Å². The highest BCUT2D eigenvalue weighted by Gasteiger charge is 2.28. The van der Waals surface area contributed by atoms with Gasteiger partial charge in [0.1, 0.15) is 11.5 Å². The van der Waals surface area contributed by atoms with Gasteiger partial charge in [-0.25, -0.2) is 4.39 Å². The summed E-state index contributed by atoms with van der Waals surface area (Å²) in [5.41, 5.74) is 1.89. The maximum atomic E-state index is 14.2. The molecule has 2 fully saturated rings. The fraction of sp³-hybridized carbons (Fsp3) is 0.381. The highest BCUT2D eigenvalue weighted by Crippen LogP contribution is 2.41.